The number of aromatic nitrogens is 2. The Kier molecular flexibility index (Phi) is 4.91. The maximum absolute atomic E-state index is 12.8. The molecule has 134 valence electrons. The Morgan fingerprint density at radius 1 is 1.28 bits per heavy atom. The minimum Gasteiger partial charge on any atom is -0.507 e. The minimum atomic E-state index is -4.51. The summed E-state index contributed by atoms with van der Waals surface area (Å²) < 4.78 is 43.7. The molecule has 1 aromatic carbocycles. The van der Waals surface area contributed by atoms with Crippen molar-refractivity contribution in [2.24, 2.45) is 0 Å². The number of phenols is 1. The van der Waals surface area contributed by atoms with Gasteiger partial charge in [0.25, 0.3) is 0 Å². The lowest BCUT2D eigenvalue weighted by Gasteiger charge is -2.13. The molecule has 1 aliphatic rings. The van der Waals surface area contributed by atoms with Gasteiger partial charge in [-0.15, -0.1) is 0 Å². The van der Waals surface area contributed by atoms with Crippen molar-refractivity contribution in [3.8, 4) is 17.0 Å². The van der Waals surface area contributed by atoms with Gasteiger partial charge in [0, 0.05) is 24.8 Å². The van der Waals surface area contributed by atoms with Crippen molar-refractivity contribution in [2.45, 2.75) is 32.1 Å². The number of hydrogen-bond acceptors (Lipinski definition) is 5. The molecule has 1 aromatic heterocycles. The lowest BCUT2D eigenvalue weighted by atomic mass is 10.0. The van der Waals surface area contributed by atoms with Gasteiger partial charge in [-0.2, -0.15) is 23.4 Å². The highest BCUT2D eigenvalue weighted by Gasteiger charge is 2.32. The molecule has 0 amide bonds. The smallest absolute Gasteiger partial charge is 0.416 e. The lowest BCUT2D eigenvalue weighted by molar-refractivity contribution is -0.137. The quantitative estimate of drug-likeness (QED) is 0.884. The van der Waals surface area contributed by atoms with Gasteiger partial charge >= 0.3 is 6.18 Å². The number of nitrogens with one attached hydrogen (secondary N) is 1. The Bertz CT molecular complexity index is 719. The Labute approximate surface area is 142 Å². The number of phenolic OH excluding ortho intramolecular Hbond substituents is 1. The van der Waals surface area contributed by atoms with E-state index in [1.165, 1.54) is 6.92 Å². The first kappa shape index (κ1) is 17.6. The van der Waals surface area contributed by atoms with E-state index in [0.29, 0.717) is 36.6 Å². The predicted molar refractivity (Wildman–Crippen MR) is 84.9 cm³/mol. The van der Waals surface area contributed by atoms with E-state index in [1.54, 1.807) is 12.1 Å². The standard InChI is InChI=1S/C17H18F3N3O2/c1-10-6-11(17(18,19)20)7-15(24)16(10)14-3-2-12(22-23-14)8-21-13-4-5-25-9-13/h2-3,6-7,13,21,24H,4-5,8-9H2,1H3. The van der Waals surface area contributed by atoms with Crippen LogP contribution in [0.25, 0.3) is 11.3 Å². The Balaban J connectivity index is 1.77. The van der Waals surface area contributed by atoms with Gasteiger partial charge in [0.2, 0.25) is 0 Å². The number of aryl methyl sites for hydroxylation is 1. The van der Waals surface area contributed by atoms with Gasteiger partial charge in [0.05, 0.1) is 23.6 Å². The second kappa shape index (κ2) is 6.97. The molecule has 1 aliphatic heterocycles. The van der Waals surface area contributed by atoms with E-state index >= 15 is 0 Å². The number of nitrogens with zero attached hydrogens (tertiary/aromatic N) is 2. The van der Waals surface area contributed by atoms with Crippen LogP contribution in [-0.2, 0) is 17.5 Å². The summed E-state index contributed by atoms with van der Waals surface area (Å²) >= 11 is 0. The minimum absolute atomic E-state index is 0.254. The molecule has 0 radical (unpaired) electrons. The number of hydrogen-bond donors (Lipinski definition) is 2. The van der Waals surface area contributed by atoms with Crippen LogP contribution in [0.15, 0.2) is 24.3 Å². The normalized spacial score (nSPS) is 17.8. The molecular formula is C17H18F3N3O2. The topological polar surface area (TPSA) is 67.3 Å². The first-order valence-corrected chi connectivity index (χ1v) is 7.89. The van der Waals surface area contributed by atoms with E-state index in [1.807, 2.05) is 0 Å². The maximum Gasteiger partial charge on any atom is 0.416 e. The monoisotopic (exact) mass is 353 g/mol. The molecule has 8 heteroatoms. The van der Waals surface area contributed by atoms with Gasteiger partial charge in [-0.3, -0.25) is 0 Å². The van der Waals surface area contributed by atoms with E-state index in [9.17, 15) is 18.3 Å². The molecule has 3 rings (SSSR count). The highest BCUT2D eigenvalue weighted by Crippen LogP contribution is 2.38. The van der Waals surface area contributed by atoms with Gasteiger partial charge in [-0.05, 0) is 43.2 Å². The summed E-state index contributed by atoms with van der Waals surface area (Å²) in [5, 5.41) is 21.4. The zero-order valence-corrected chi connectivity index (χ0v) is 13.6. The van der Waals surface area contributed by atoms with Crippen molar-refractivity contribution >= 4 is 0 Å². The molecular weight excluding hydrogens is 335 g/mol. The Morgan fingerprint density at radius 3 is 2.64 bits per heavy atom. The number of aromatic hydroxyl groups is 1. The molecule has 1 saturated heterocycles. The molecule has 1 fully saturated rings. The van der Waals surface area contributed by atoms with Crippen molar-refractivity contribution in [1.82, 2.24) is 15.5 Å². The summed E-state index contributed by atoms with van der Waals surface area (Å²) in [6.45, 7) is 3.44. The summed E-state index contributed by atoms with van der Waals surface area (Å²) in [6.07, 6.45) is -3.56. The van der Waals surface area contributed by atoms with Gasteiger partial charge in [-0.1, -0.05) is 0 Å². The zero-order chi connectivity index (χ0) is 18.0. The third kappa shape index (κ3) is 4.08. The number of halogens is 3. The average molecular weight is 353 g/mol. The second-order valence-electron chi connectivity index (χ2n) is 6.04. The van der Waals surface area contributed by atoms with E-state index in [-0.39, 0.29) is 11.1 Å². The van der Waals surface area contributed by atoms with E-state index in [0.717, 1.165) is 19.1 Å². The SMILES string of the molecule is Cc1cc(C(F)(F)F)cc(O)c1-c1ccc(CNC2CCOC2)nn1. The molecule has 2 aromatic rings. The molecule has 0 aliphatic carbocycles. The van der Waals surface area contributed by atoms with Crippen LogP contribution in [-0.4, -0.2) is 34.6 Å². The zero-order valence-electron chi connectivity index (χ0n) is 13.6. The summed E-state index contributed by atoms with van der Waals surface area (Å²) in [5.74, 6) is -0.462. The summed E-state index contributed by atoms with van der Waals surface area (Å²) in [7, 11) is 0. The van der Waals surface area contributed by atoms with Gasteiger partial charge in [0.15, 0.2) is 0 Å². The molecule has 25 heavy (non-hydrogen) atoms. The van der Waals surface area contributed by atoms with Gasteiger partial charge < -0.3 is 15.2 Å². The van der Waals surface area contributed by atoms with Crippen LogP contribution in [0.3, 0.4) is 0 Å². The van der Waals surface area contributed by atoms with Crippen molar-refractivity contribution in [1.29, 1.82) is 0 Å². The van der Waals surface area contributed by atoms with E-state index in [2.05, 4.69) is 15.5 Å². The van der Waals surface area contributed by atoms with Crippen molar-refractivity contribution in [3.05, 3.63) is 41.1 Å². The fourth-order valence-electron chi connectivity index (χ4n) is 2.80. The lowest BCUT2D eigenvalue weighted by Crippen LogP contribution is -2.28. The van der Waals surface area contributed by atoms with Gasteiger partial charge in [0.1, 0.15) is 5.75 Å². The summed E-state index contributed by atoms with van der Waals surface area (Å²) in [6, 6.07) is 5.38. The molecule has 0 bridgehead atoms. The number of benzene rings is 1. The van der Waals surface area contributed by atoms with Crippen LogP contribution < -0.4 is 5.32 Å². The van der Waals surface area contributed by atoms with Crippen LogP contribution in [0, 0.1) is 6.92 Å². The van der Waals surface area contributed by atoms with Crippen molar-refractivity contribution in [2.75, 3.05) is 13.2 Å². The molecule has 0 saturated carbocycles. The highest BCUT2D eigenvalue weighted by atomic mass is 19.4. The number of rotatable bonds is 4. The fourth-order valence-corrected chi connectivity index (χ4v) is 2.80. The van der Waals surface area contributed by atoms with Crippen LogP contribution in [0.2, 0.25) is 0 Å². The fraction of sp³-hybridized carbons (Fsp3) is 0.412. The van der Waals surface area contributed by atoms with Crippen LogP contribution >= 0.6 is 0 Å². The van der Waals surface area contributed by atoms with Crippen molar-refractivity contribution < 1.29 is 23.0 Å². The maximum atomic E-state index is 12.8. The Morgan fingerprint density at radius 2 is 2.08 bits per heavy atom. The molecule has 5 nitrogen and oxygen atoms in total. The summed E-state index contributed by atoms with van der Waals surface area (Å²) in [4.78, 5) is 0. The average Bonchev–Trinajstić information content (AvgIpc) is 3.06. The van der Waals surface area contributed by atoms with Crippen molar-refractivity contribution in [3.63, 3.8) is 0 Å². The molecule has 2 N–H and O–H groups in total. The largest absolute Gasteiger partial charge is 0.507 e. The molecule has 2 heterocycles. The number of alkyl halides is 3. The molecule has 0 spiro atoms. The Hall–Kier alpha value is -2.19. The van der Waals surface area contributed by atoms with Crippen LogP contribution in [0.4, 0.5) is 13.2 Å². The van der Waals surface area contributed by atoms with E-state index < -0.39 is 17.5 Å². The third-order valence-electron chi connectivity index (χ3n) is 4.12. The molecule has 1 unspecified atom stereocenters. The van der Waals surface area contributed by atoms with Gasteiger partial charge in [-0.25, -0.2) is 0 Å². The molecule has 1 atom stereocenters. The first-order chi connectivity index (χ1) is 11.8. The third-order valence-corrected chi connectivity index (χ3v) is 4.12. The first-order valence-electron chi connectivity index (χ1n) is 7.89. The second-order valence-corrected chi connectivity index (χ2v) is 6.04. The van der Waals surface area contributed by atoms with E-state index in [4.69, 9.17) is 4.74 Å². The number of ether oxygens (including phenoxy) is 1. The van der Waals surface area contributed by atoms with Crippen LogP contribution in [0.1, 0.15) is 23.2 Å². The van der Waals surface area contributed by atoms with Crippen LogP contribution in [0.5, 0.6) is 5.75 Å². The summed E-state index contributed by atoms with van der Waals surface area (Å²) in [5.41, 5.74) is 0.690. The highest BCUT2D eigenvalue weighted by molar-refractivity contribution is 5.71. The predicted octanol–water partition coefficient (Wildman–Crippen LogP) is 3.05.